The molecular formula is C32H33N5O5. The molecule has 0 radical (unpaired) electrons. The average molecular weight is 568 g/mol. The third-order valence-electron chi connectivity index (χ3n) is 6.16. The summed E-state index contributed by atoms with van der Waals surface area (Å²) in [5.41, 5.74) is 4.65. The van der Waals surface area contributed by atoms with Gasteiger partial charge in [0, 0.05) is 49.8 Å². The first-order chi connectivity index (χ1) is 20.1. The van der Waals surface area contributed by atoms with E-state index in [4.69, 9.17) is 4.74 Å². The lowest BCUT2D eigenvalue weighted by molar-refractivity contribution is -0.384. The number of nitro groups is 1. The minimum Gasteiger partial charge on any atom is -0.444 e. The summed E-state index contributed by atoms with van der Waals surface area (Å²) in [6, 6.07) is 24.9. The third kappa shape index (κ3) is 8.88. The number of benzene rings is 3. The van der Waals surface area contributed by atoms with Crippen molar-refractivity contribution in [3.8, 4) is 11.1 Å². The van der Waals surface area contributed by atoms with Gasteiger partial charge in [0.1, 0.15) is 5.60 Å². The van der Waals surface area contributed by atoms with E-state index in [2.05, 4.69) is 15.6 Å². The lowest BCUT2D eigenvalue weighted by atomic mass is 10.0. The summed E-state index contributed by atoms with van der Waals surface area (Å²) < 4.78 is 5.28. The maximum atomic E-state index is 13.3. The fourth-order valence-corrected chi connectivity index (χ4v) is 4.11. The van der Waals surface area contributed by atoms with Gasteiger partial charge in [-0.05, 0) is 66.8 Å². The number of nitro benzene ring substituents is 1. The predicted molar refractivity (Wildman–Crippen MR) is 161 cm³/mol. The topological polar surface area (TPSA) is 127 Å². The Morgan fingerprint density at radius 2 is 1.45 bits per heavy atom. The number of pyridine rings is 1. The van der Waals surface area contributed by atoms with Crippen LogP contribution in [-0.2, 0) is 24.4 Å². The number of urea groups is 1. The predicted octanol–water partition coefficient (Wildman–Crippen LogP) is 6.92. The molecule has 42 heavy (non-hydrogen) atoms. The smallest absolute Gasteiger partial charge is 0.407 e. The van der Waals surface area contributed by atoms with Crippen molar-refractivity contribution in [3.63, 3.8) is 0 Å². The van der Waals surface area contributed by atoms with E-state index in [0.29, 0.717) is 25.3 Å². The van der Waals surface area contributed by atoms with Gasteiger partial charge in [0.05, 0.1) is 4.92 Å². The number of carbonyl (C=O) groups excluding carboxylic acids is 2. The largest absolute Gasteiger partial charge is 0.444 e. The van der Waals surface area contributed by atoms with Crippen LogP contribution in [0.1, 0.15) is 37.5 Å². The van der Waals surface area contributed by atoms with Crippen molar-refractivity contribution in [2.75, 3.05) is 5.32 Å². The molecule has 216 valence electrons. The van der Waals surface area contributed by atoms with Gasteiger partial charge < -0.3 is 20.3 Å². The molecule has 0 saturated carbocycles. The monoisotopic (exact) mass is 567 g/mol. The Morgan fingerprint density at radius 1 is 0.857 bits per heavy atom. The van der Waals surface area contributed by atoms with Crippen molar-refractivity contribution in [3.05, 3.63) is 124 Å². The van der Waals surface area contributed by atoms with Gasteiger partial charge in [0.15, 0.2) is 0 Å². The van der Waals surface area contributed by atoms with Crippen molar-refractivity contribution in [1.29, 1.82) is 0 Å². The lowest BCUT2D eigenvalue weighted by Gasteiger charge is -2.23. The molecule has 0 spiro atoms. The van der Waals surface area contributed by atoms with E-state index in [1.165, 1.54) is 24.3 Å². The first kappa shape index (κ1) is 29.7. The zero-order valence-electron chi connectivity index (χ0n) is 23.7. The molecule has 4 rings (SSSR count). The van der Waals surface area contributed by atoms with Crippen LogP contribution in [0.2, 0.25) is 0 Å². The number of rotatable bonds is 9. The summed E-state index contributed by atoms with van der Waals surface area (Å²) in [5.74, 6) is 0. The first-order valence-corrected chi connectivity index (χ1v) is 13.4. The van der Waals surface area contributed by atoms with Gasteiger partial charge in [-0.2, -0.15) is 0 Å². The fourth-order valence-electron chi connectivity index (χ4n) is 4.11. The zero-order valence-corrected chi connectivity index (χ0v) is 23.7. The maximum Gasteiger partial charge on any atom is 0.407 e. The maximum absolute atomic E-state index is 13.3. The van der Waals surface area contributed by atoms with E-state index in [1.54, 1.807) is 17.3 Å². The first-order valence-electron chi connectivity index (χ1n) is 13.4. The van der Waals surface area contributed by atoms with Gasteiger partial charge in [-0.15, -0.1) is 0 Å². The zero-order chi connectivity index (χ0) is 30.1. The molecule has 10 nitrogen and oxygen atoms in total. The number of ether oxygens (including phenoxy) is 1. The second kappa shape index (κ2) is 13.4. The number of alkyl carbamates (subject to hydrolysis) is 1. The van der Waals surface area contributed by atoms with Crippen LogP contribution in [0.4, 0.5) is 21.0 Å². The van der Waals surface area contributed by atoms with Crippen LogP contribution >= 0.6 is 0 Å². The standard InChI is InChI=1S/C32H33N5O5/c1-32(2,3)42-31(39)34-20-23-6-10-26(11-7-23)27-12-8-24(9-13-27)21-36(22-25-5-4-18-33-19-25)30(38)35-28-14-16-29(17-15-28)37(40)41/h4-19H,20-22H2,1-3H3,(H,34,39)(H,35,38). The van der Waals surface area contributed by atoms with Crippen LogP contribution in [0, 0.1) is 10.1 Å². The Hall–Kier alpha value is -5.25. The highest BCUT2D eigenvalue weighted by molar-refractivity contribution is 5.89. The molecule has 0 bridgehead atoms. The van der Waals surface area contributed by atoms with Crippen molar-refractivity contribution in [2.45, 2.75) is 46.0 Å². The molecule has 0 aliphatic rings. The molecule has 3 aromatic carbocycles. The molecule has 4 aromatic rings. The minimum atomic E-state index is -0.549. The molecule has 2 N–H and O–H groups in total. The van der Waals surface area contributed by atoms with E-state index in [0.717, 1.165) is 27.8 Å². The van der Waals surface area contributed by atoms with E-state index >= 15 is 0 Å². The Bertz CT molecular complexity index is 1500. The molecule has 0 aliphatic carbocycles. The summed E-state index contributed by atoms with van der Waals surface area (Å²) in [4.78, 5) is 41.4. The SMILES string of the molecule is CC(C)(C)OC(=O)NCc1ccc(-c2ccc(CN(Cc3cccnc3)C(=O)Nc3ccc([N+](=O)[O-])cc3)cc2)cc1. The van der Waals surface area contributed by atoms with Gasteiger partial charge in [-0.3, -0.25) is 15.1 Å². The lowest BCUT2D eigenvalue weighted by Crippen LogP contribution is -2.34. The number of nitrogens with one attached hydrogen (secondary N) is 2. The van der Waals surface area contributed by atoms with Crippen LogP contribution in [0.5, 0.6) is 0 Å². The molecule has 10 heteroatoms. The highest BCUT2D eigenvalue weighted by Crippen LogP contribution is 2.22. The van der Waals surface area contributed by atoms with Crippen LogP contribution in [0.3, 0.4) is 0 Å². The molecule has 1 heterocycles. The molecule has 1 aromatic heterocycles. The van der Waals surface area contributed by atoms with Crippen LogP contribution in [0.25, 0.3) is 11.1 Å². The number of nitrogens with zero attached hydrogens (tertiary/aromatic N) is 3. The number of anilines is 1. The van der Waals surface area contributed by atoms with Gasteiger partial charge in [-0.1, -0.05) is 54.6 Å². The quantitative estimate of drug-likeness (QED) is 0.167. The van der Waals surface area contributed by atoms with E-state index in [1.807, 2.05) is 81.4 Å². The van der Waals surface area contributed by atoms with Crippen molar-refractivity contribution < 1.29 is 19.2 Å². The summed E-state index contributed by atoms with van der Waals surface area (Å²) >= 11 is 0. The van der Waals surface area contributed by atoms with Crippen LogP contribution in [-0.4, -0.2) is 32.5 Å². The van der Waals surface area contributed by atoms with Crippen molar-refractivity contribution in [1.82, 2.24) is 15.2 Å². The van der Waals surface area contributed by atoms with Crippen LogP contribution in [0.15, 0.2) is 97.3 Å². The fraction of sp³-hybridized carbons (Fsp3) is 0.219. The Morgan fingerprint density at radius 3 is 2.00 bits per heavy atom. The Kier molecular flexibility index (Phi) is 9.49. The van der Waals surface area contributed by atoms with E-state index in [9.17, 15) is 19.7 Å². The van der Waals surface area contributed by atoms with Crippen molar-refractivity contribution in [2.24, 2.45) is 0 Å². The normalized spacial score (nSPS) is 10.9. The number of hydrogen-bond acceptors (Lipinski definition) is 6. The van der Waals surface area contributed by atoms with E-state index in [-0.39, 0.29) is 11.7 Å². The second-order valence-electron chi connectivity index (χ2n) is 10.7. The summed E-state index contributed by atoms with van der Waals surface area (Å²) in [6.07, 6.45) is 2.93. The summed E-state index contributed by atoms with van der Waals surface area (Å²) in [5, 5.41) is 16.5. The molecule has 0 saturated heterocycles. The molecule has 0 fully saturated rings. The Balaban J connectivity index is 1.41. The molecule has 0 unspecified atom stereocenters. The summed E-state index contributed by atoms with van der Waals surface area (Å²) in [7, 11) is 0. The molecule has 3 amide bonds. The number of aromatic nitrogens is 1. The Labute approximate surface area is 244 Å². The molecular weight excluding hydrogens is 534 g/mol. The highest BCUT2D eigenvalue weighted by atomic mass is 16.6. The number of amides is 3. The third-order valence-corrected chi connectivity index (χ3v) is 6.16. The second-order valence-corrected chi connectivity index (χ2v) is 10.7. The molecule has 0 atom stereocenters. The van der Waals surface area contributed by atoms with Gasteiger partial charge >= 0.3 is 12.1 Å². The average Bonchev–Trinajstić information content (AvgIpc) is 2.96. The van der Waals surface area contributed by atoms with Gasteiger partial charge in [-0.25, -0.2) is 9.59 Å². The summed E-state index contributed by atoms with van der Waals surface area (Å²) in [6.45, 7) is 6.49. The van der Waals surface area contributed by atoms with Crippen LogP contribution < -0.4 is 10.6 Å². The number of non-ortho nitro benzene ring substituents is 1. The van der Waals surface area contributed by atoms with Gasteiger partial charge in [0.2, 0.25) is 0 Å². The number of carbonyl (C=O) groups is 2. The van der Waals surface area contributed by atoms with Crippen molar-refractivity contribution >= 4 is 23.5 Å². The van der Waals surface area contributed by atoms with E-state index < -0.39 is 16.6 Å². The highest BCUT2D eigenvalue weighted by Gasteiger charge is 2.17. The molecule has 0 aliphatic heterocycles. The minimum absolute atomic E-state index is 0.0487. The van der Waals surface area contributed by atoms with Gasteiger partial charge in [0.25, 0.3) is 5.69 Å². The number of hydrogen-bond donors (Lipinski definition) is 2.